The molecular formula is C15H23BrClN5O2S. The monoisotopic (exact) mass is 451 g/mol. The van der Waals surface area contributed by atoms with E-state index in [1.807, 2.05) is 26.1 Å². The van der Waals surface area contributed by atoms with Gasteiger partial charge in [-0.15, -0.1) is 17.5 Å². The van der Waals surface area contributed by atoms with Gasteiger partial charge >= 0.3 is 0 Å². The number of nitrogens with zero attached hydrogens (tertiary/aromatic N) is 4. The maximum Gasteiger partial charge on any atom is 0.209 e. The van der Waals surface area contributed by atoms with Crippen molar-refractivity contribution in [2.24, 2.45) is 7.05 Å². The highest BCUT2D eigenvalue weighted by atomic mass is 79.9. The lowest BCUT2D eigenvalue weighted by Gasteiger charge is -2.13. The fourth-order valence-corrected chi connectivity index (χ4v) is 3.56. The summed E-state index contributed by atoms with van der Waals surface area (Å²) in [6.45, 7) is 4.27. The summed E-state index contributed by atoms with van der Waals surface area (Å²) in [5.41, 5.74) is 1.15. The van der Waals surface area contributed by atoms with Gasteiger partial charge in [0.15, 0.2) is 11.5 Å². The molecule has 0 fully saturated rings. The van der Waals surface area contributed by atoms with Crippen LogP contribution in [0.1, 0.15) is 18.9 Å². The van der Waals surface area contributed by atoms with Gasteiger partial charge in [0.2, 0.25) is 5.16 Å². The predicted molar refractivity (Wildman–Crippen MR) is 105 cm³/mol. The number of ether oxygens (including phenoxy) is 2. The Morgan fingerprint density at radius 2 is 2.16 bits per heavy atom. The molecule has 0 spiro atoms. The molecule has 0 bridgehead atoms. The number of nitrogens with one attached hydrogen (secondary N) is 1. The van der Waals surface area contributed by atoms with Crippen LogP contribution >= 0.6 is 40.1 Å². The van der Waals surface area contributed by atoms with E-state index in [2.05, 4.69) is 36.8 Å². The lowest BCUT2D eigenvalue weighted by Crippen LogP contribution is -2.15. The van der Waals surface area contributed by atoms with Gasteiger partial charge in [0.25, 0.3) is 0 Å². The Labute approximate surface area is 166 Å². The molecule has 1 heterocycles. The van der Waals surface area contributed by atoms with E-state index in [-0.39, 0.29) is 12.4 Å². The molecular weight excluding hydrogens is 430 g/mol. The number of aryl methyl sites for hydroxylation is 1. The Hall–Kier alpha value is -1.03. The maximum atomic E-state index is 5.64. The van der Waals surface area contributed by atoms with E-state index in [9.17, 15) is 0 Å². The van der Waals surface area contributed by atoms with Crippen molar-refractivity contribution >= 4 is 40.1 Å². The second-order valence-corrected chi connectivity index (χ2v) is 6.92. The number of thioether (sulfide) groups is 1. The van der Waals surface area contributed by atoms with Gasteiger partial charge in [-0.2, -0.15) is 0 Å². The Bertz CT molecular complexity index is 659. The van der Waals surface area contributed by atoms with Crippen molar-refractivity contribution in [2.45, 2.75) is 25.0 Å². The quantitative estimate of drug-likeness (QED) is 0.438. The van der Waals surface area contributed by atoms with E-state index < -0.39 is 0 Å². The van der Waals surface area contributed by atoms with Crippen LogP contribution in [0.3, 0.4) is 0 Å². The average Bonchev–Trinajstić information content (AvgIpc) is 2.96. The molecule has 140 valence electrons. The molecule has 0 aliphatic rings. The van der Waals surface area contributed by atoms with Gasteiger partial charge in [-0.1, -0.05) is 11.8 Å². The minimum atomic E-state index is 0. The van der Waals surface area contributed by atoms with Crippen LogP contribution in [0.2, 0.25) is 0 Å². The number of hydrogen-bond acceptors (Lipinski definition) is 7. The van der Waals surface area contributed by atoms with Gasteiger partial charge in [0, 0.05) is 19.3 Å². The molecule has 7 nitrogen and oxygen atoms in total. The molecule has 0 saturated carbocycles. The van der Waals surface area contributed by atoms with E-state index in [1.165, 1.54) is 0 Å². The van der Waals surface area contributed by atoms with Crippen LogP contribution in [0.4, 0.5) is 0 Å². The highest BCUT2D eigenvalue weighted by Crippen LogP contribution is 2.36. The summed E-state index contributed by atoms with van der Waals surface area (Å²) >= 11 is 5.19. The predicted octanol–water partition coefficient (Wildman–Crippen LogP) is 3.07. The second-order valence-electron chi connectivity index (χ2n) is 5.01. The third kappa shape index (κ3) is 6.65. The largest absolute Gasteiger partial charge is 0.492 e. The Morgan fingerprint density at radius 1 is 1.36 bits per heavy atom. The highest BCUT2D eigenvalue weighted by molar-refractivity contribution is 9.10. The van der Waals surface area contributed by atoms with E-state index in [0.717, 1.165) is 52.0 Å². The van der Waals surface area contributed by atoms with Crippen LogP contribution in [0, 0.1) is 0 Å². The number of aromatic nitrogens is 4. The Morgan fingerprint density at radius 3 is 2.80 bits per heavy atom. The second kappa shape index (κ2) is 11.6. The van der Waals surface area contributed by atoms with E-state index in [4.69, 9.17) is 9.47 Å². The van der Waals surface area contributed by atoms with Crippen molar-refractivity contribution in [2.75, 3.05) is 26.0 Å². The third-order valence-electron chi connectivity index (χ3n) is 3.21. The molecule has 0 unspecified atom stereocenters. The first-order chi connectivity index (χ1) is 11.7. The number of hydrogen-bond donors (Lipinski definition) is 1. The van der Waals surface area contributed by atoms with Crippen LogP contribution in [-0.2, 0) is 13.6 Å². The molecule has 0 saturated heterocycles. The summed E-state index contributed by atoms with van der Waals surface area (Å²) in [4.78, 5) is 0. The zero-order valence-electron chi connectivity index (χ0n) is 14.5. The van der Waals surface area contributed by atoms with Crippen LogP contribution in [0.15, 0.2) is 21.8 Å². The number of rotatable bonds is 10. The summed E-state index contributed by atoms with van der Waals surface area (Å²) in [5, 5.41) is 15.7. The van der Waals surface area contributed by atoms with Crippen LogP contribution < -0.4 is 14.8 Å². The van der Waals surface area contributed by atoms with Gasteiger partial charge in [0.05, 0.1) is 18.2 Å². The van der Waals surface area contributed by atoms with Gasteiger partial charge in [-0.3, -0.25) is 0 Å². The lowest BCUT2D eigenvalue weighted by atomic mass is 10.2. The first-order valence-corrected chi connectivity index (χ1v) is 9.48. The Balaban J connectivity index is 0.00000312. The molecule has 0 atom stereocenters. The zero-order valence-corrected chi connectivity index (χ0v) is 17.7. The summed E-state index contributed by atoms with van der Waals surface area (Å²) in [7, 11) is 3.49. The van der Waals surface area contributed by atoms with Crippen LogP contribution in [-0.4, -0.2) is 46.2 Å². The van der Waals surface area contributed by atoms with Crippen molar-refractivity contribution in [3.8, 4) is 11.5 Å². The summed E-state index contributed by atoms with van der Waals surface area (Å²) in [6.07, 6.45) is 1.03. The zero-order chi connectivity index (χ0) is 17.4. The Kier molecular flexibility index (Phi) is 10.2. The summed E-state index contributed by atoms with van der Waals surface area (Å²) in [5.74, 6) is 2.46. The maximum absolute atomic E-state index is 5.64. The molecule has 2 rings (SSSR count). The standard InChI is InChI=1S/C15H22BrN5O2S.ClH/c1-4-23-13-9-11(8-12(16)14(13)22-3)10-17-6-5-7-24-15-18-19-20-21(15)2;/h8-9,17H,4-7,10H2,1-3H3;1H. The van der Waals surface area contributed by atoms with Crippen molar-refractivity contribution in [3.05, 3.63) is 22.2 Å². The van der Waals surface area contributed by atoms with Crippen molar-refractivity contribution in [3.63, 3.8) is 0 Å². The number of halogens is 2. The van der Waals surface area contributed by atoms with Crippen LogP contribution in [0.25, 0.3) is 0 Å². The van der Waals surface area contributed by atoms with E-state index >= 15 is 0 Å². The fourth-order valence-electron chi connectivity index (χ4n) is 2.12. The number of methoxy groups -OCH3 is 1. The van der Waals surface area contributed by atoms with E-state index in [0.29, 0.717) is 6.61 Å². The number of benzene rings is 1. The van der Waals surface area contributed by atoms with Crippen molar-refractivity contribution in [1.29, 1.82) is 0 Å². The summed E-state index contributed by atoms with van der Waals surface area (Å²) in [6, 6.07) is 4.06. The molecule has 0 aliphatic heterocycles. The van der Waals surface area contributed by atoms with Gasteiger partial charge in [0.1, 0.15) is 0 Å². The minimum absolute atomic E-state index is 0. The lowest BCUT2D eigenvalue weighted by molar-refractivity contribution is 0.309. The average molecular weight is 453 g/mol. The molecule has 2 aromatic rings. The SMILES string of the molecule is CCOc1cc(CNCCCSc2nnnn2C)cc(Br)c1OC.Cl. The minimum Gasteiger partial charge on any atom is -0.492 e. The van der Waals surface area contributed by atoms with Gasteiger partial charge < -0.3 is 14.8 Å². The van der Waals surface area contributed by atoms with Crippen molar-refractivity contribution in [1.82, 2.24) is 25.5 Å². The molecule has 1 aromatic carbocycles. The number of tetrazole rings is 1. The molecule has 0 amide bonds. The topological polar surface area (TPSA) is 74.1 Å². The van der Waals surface area contributed by atoms with Gasteiger partial charge in [-0.25, -0.2) is 4.68 Å². The normalized spacial score (nSPS) is 10.4. The first kappa shape index (κ1) is 22.0. The smallest absolute Gasteiger partial charge is 0.209 e. The fraction of sp³-hybridized carbons (Fsp3) is 0.533. The highest BCUT2D eigenvalue weighted by Gasteiger charge is 2.11. The first-order valence-electron chi connectivity index (χ1n) is 7.70. The molecule has 25 heavy (non-hydrogen) atoms. The summed E-state index contributed by atoms with van der Waals surface area (Å²) < 4.78 is 13.6. The molecule has 1 aromatic heterocycles. The molecule has 1 N–H and O–H groups in total. The van der Waals surface area contributed by atoms with Crippen molar-refractivity contribution < 1.29 is 9.47 Å². The van der Waals surface area contributed by atoms with Crippen LogP contribution in [0.5, 0.6) is 11.5 Å². The molecule has 10 heteroatoms. The third-order valence-corrected chi connectivity index (χ3v) is 4.90. The molecule has 0 aliphatic carbocycles. The molecule has 0 radical (unpaired) electrons. The van der Waals surface area contributed by atoms with Gasteiger partial charge in [-0.05, 0) is 63.9 Å². The van der Waals surface area contributed by atoms with E-state index in [1.54, 1.807) is 23.6 Å².